The molecule has 1 heterocycles. The summed E-state index contributed by atoms with van der Waals surface area (Å²) in [5.74, 6) is 0.432. The second kappa shape index (κ2) is 8.54. The molecule has 144 valence electrons. The van der Waals surface area contributed by atoms with Crippen molar-refractivity contribution in [1.82, 2.24) is 10.6 Å². The fourth-order valence-corrected chi connectivity index (χ4v) is 4.13. The van der Waals surface area contributed by atoms with Gasteiger partial charge in [-0.25, -0.2) is 8.42 Å². The predicted molar refractivity (Wildman–Crippen MR) is 106 cm³/mol. The number of rotatable bonds is 7. The molecular weight excluding hydrogens is 362 g/mol. The molecule has 1 atom stereocenters. The smallest absolute Gasteiger partial charge is 0.261 e. The van der Waals surface area contributed by atoms with Crippen molar-refractivity contribution in [1.29, 1.82) is 0 Å². The fraction of sp³-hybridized carbons (Fsp3) is 0.350. The van der Waals surface area contributed by atoms with Crippen molar-refractivity contribution in [2.75, 3.05) is 24.4 Å². The third-order valence-electron chi connectivity index (χ3n) is 4.73. The van der Waals surface area contributed by atoms with Crippen LogP contribution in [-0.2, 0) is 10.0 Å². The van der Waals surface area contributed by atoms with Gasteiger partial charge in [0.2, 0.25) is 0 Å². The Bertz CT molecular complexity index is 872. The number of hydrogen-bond donors (Lipinski definition) is 3. The lowest BCUT2D eigenvalue weighted by molar-refractivity contribution is 0.0951. The van der Waals surface area contributed by atoms with Crippen LogP contribution < -0.4 is 15.4 Å². The van der Waals surface area contributed by atoms with Crippen molar-refractivity contribution in [3.63, 3.8) is 0 Å². The van der Waals surface area contributed by atoms with Gasteiger partial charge in [0.15, 0.2) is 0 Å². The highest BCUT2D eigenvalue weighted by Crippen LogP contribution is 2.17. The van der Waals surface area contributed by atoms with Gasteiger partial charge in [0.1, 0.15) is 0 Å². The summed E-state index contributed by atoms with van der Waals surface area (Å²) in [5.41, 5.74) is 2.01. The van der Waals surface area contributed by atoms with Gasteiger partial charge >= 0.3 is 0 Å². The zero-order chi connectivity index (χ0) is 19.3. The standard InChI is InChI=1S/C20H25N3O3S/c1-15-2-6-18(7-3-15)23-27(25,26)19-8-4-17(5-9-19)20(24)22-13-11-16-10-12-21-14-16/h2-9,16,21,23H,10-14H2,1H3,(H,22,24). The van der Waals surface area contributed by atoms with Crippen LogP contribution in [0, 0.1) is 12.8 Å². The average Bonchev–Trinajstić information content (AvgIpc) is 3.17. The van der Waals surface area contributed by atoms with Gasteiger partial charge in [-0.15, -0.1) is 0 Å². The monoisotopic (exact) mass is 387 g/mol. The van der Waals surface area contributed by atoms with Crippen LogP contribution >= 0.6 is 0 Å². The lowest BCUT2D eigenvalue weighted by Gasteiger charge is -2.11. The lowest BCUT2D eigenvalue weighted by atomic mass is 10.1. The first-order valence-electron chi connectivity index (χ1n) is 9.12. The molecule has 1 fully saturated rings. The van der Waals surface area contributed by atoms with Crippen molar-refractivity contribution in [2.24, 2.45) is 5.92 Å². The summed E-state index contributed by atoms with van der Waals surface area (Å²) < 4.78 is 27.5. The molecule has 27 heavy (non-hydrogen) atoms. The van der Waals surface area contributed by atoms with Crippen molar-refractivity contribution < 1.29 is 13.2 Å². The minimum atomic E-state index is -3.69. The van der Waals surface area contributed by atoms with Crippen molar-refractivity contribution in [2.45, 2.75) is 24.7 Å². The predicted octanol–water partition coefficient (Wildman–Crippen LogP) is 2.53. The van der Waals surface area contributed by atoms with E-state index in [-0.39, 0.29) is 10.8 Å². The lowest BCUT2D eigenvalue weighted by Crippen LogP contribution is -2.26. The number of carbonyl (C=O) groups is 1. The summed E-state index contributed by atoms with van der Waals surface area (Å²) in [6.07, 6.45) is 2.10. The Labute approximate surface area is 160 Å². The molecule has 0 aromatic heterocycles. The van der Waals surface area contributed by atoms with E-state index in [4.69, 9.17) is 0 Å². The molecule has 0 aliphatic carbocycles. The van der Waals surface area contributed by atoms with Gasteiger partial charge in [0, 0.05) is 17.8 Å². The molecule has 0 saturated carbocycles. The molecular formula is C20H25N3O3S. The molecule has 2 aromatic rings. The minimum absolute atomic E-state index is 0.122. The van der Waals surface area contributed by atoms with Crippen LogP contribution in [-0.4, -0.2) is 34.0 Å². The van der Waals surface area contributed by atoms with Crippen LogP contribution in [0.2, 0.25) is 0 Å². The number of nitrogens with one attached hydrogen (secondary N) is 3. The second-order valence-corrected chi connectivity index (χ2v) is 8.58. The maximum Gasteiger partial charge on any atom is 0.261 e. The van der Waals surface area contributed by atoms with Gasteiger partial charge in [0.05, 0.1) is 4.90 Å². The van der Waals surface area contributed by atoms with Crippen LogP contribution in [0.4, 0.5) is 5.69 Å². The molecule has 0 bridgehead atoms. The van der Waals surface area contributed by atoms with Gasteiger partial charge in [-0.3, -0.25) is 9.52 Å². The first kappa shape index (κ1) is 19.4. The number of anilines is 1. The van der Waals surface area contributed by atoms with Crippen LogP contribution in [0.15, 0.2) is 53.4 Å². The van der Waals surface area contributed by atoms with Gasteiger partial charge in [-0.1, -0.05) is 17.7 Å². The number of hydrogen-bond acceptors (Lipinski definition) is 4. The van der Waals surface area contributed by atoms with E-state index in [0.717, 1.165) is 31.5 Å². The molecule has 0 spiro atoms. The van der Waals surface area contributed by atoms with E-state index >= 15 is 0 Å². The van der Waals surface area contributed by atoms with E-state index in [1.807, 2.05) is 19.1 Å². The summed E-state index contributed by atoms with van der Waals surface area (Å²) in [6.45, 7) is 4.62. The van der Waals surface area contributed by atoms with Gasteiger partial charge in [-0.2, -0.15) is 0 Å². The normalized spacial score (nSPS) is 16.9. The fourth-order valence-electron chi connectivity index (χ4n) is 3.07. The van der Waals surface area contributed by atoms with Gasteiger partial charge in [-0.05, 0) is 75.2 Å². The number of sulfonamides is 1. The van der Waals surface area contributed by atoms with Crippen LogP contribution in [0.1, 0.15) is 28.8 Å². The Balaban J connectivity index is 1.58. The third-order valence-corrected chi connectivity index (χ3v) is 6.13. The number of carbonyl (C=O) groups excluding carboxylic acids is 1. The van der Waals surface area contributed by atoms with E-state index in [1.54, 1.807) is 12.1 Å². The Morgan fingerprint density at radius 2 is 1.81 bits per heavy atom. The molecule has 6 nitrogen and oxygen atoms in total. The highest BCUT2D eigenvalue weighted by atomic mass is 32.2. The quantitative estimate of drug-likeness (QED) is 0.681. The maximum atomic E-state index is 12.5. The number of benzene rings is 2. The minimum Gasteiger partial charge on any atom is -0.352 e. The van der Waals surface area contributed by atoms with Crippen LogP contribution in [0.5, 0.6) is 0 Å². The Hall–Kier alpha value is -2.38. The molecule has 1 aliphatic rings. The van der Waals surface area contributed by atoms with E-state index < -0.39 is 10.0 Å². The maximum absolute atomic E-state index is 12.5. The molecule has 7 heteroatoms. The van der Waals surface area contributed by atoms with Crippen LogP contribution in [0.25, 0.3) is 0 Å². The zero-order valence-corrected chi connectivity index (χ0v) is 16.2. The molecule has 0 radical (unpaired) electrons. The van der Waals surface area contributed by atoms with E-state index in [9.17, 15) is 13.2 Å². The number of aryl methyl sites for hydroxylation is 1. The molecule has 1 amide bonds. The summed E-state index contributed by atoms with van der Waals surface area (Å²) in [6, 6.07) is 13.1. The average molecular weight is 388 g/mol. The summed E-state index contributed by atoms with van der Waals surface area (Å²) in [7, 11) is -3.69. The van der Waals surface area contributed by atoms with Crippen LogP contribution in [0.3, 0.4) is 0 Å². The highest BCUT2D eigenvalue weighted by Gasteiger charge is 2.16. The Morgan fingerprint density at radius 3 is 2.44 bits per heavy atom. The molecule has 1 saturated heterocycles. The molecule has 3 N–H and O–H groups in total. The number of amides is 1. The topological polar surface area (TPSA) is 87.3 Å². The summed E-state index contributed by atoms with van der Waals surface area (Å²) in [5, 5.41) is 6.20. The zero-order valence-electron chi connectivity index (χ0n) is 15.4. The first-order valence-corrected chi connectivity index (χ1v) is 10.6. The second-order valence-electron chi connectivity index (χ2n) is 6.90. The summed E-state index contributed by atoms with van der Waals surface area (Å²) in [4.78, 5) is 12.3. The molecule has 2 aromatic carbocycles. The van der Waals surface area contributed by atoms with E-state index in [1.165, 1.54) is 24.3 Å². The first-order chi connectivity index (χ1) is 12.9. The SMILES string of the molecule is Cc1ccc(NS(=O)(=O)c2ccc(C(=O)NCCC3CCNC3)cc2)cc1. The van der Waals surface area contributed by atoms with E-state index in [0.29, 0.717) is 23.7 Å². The molecule has 3 rings (SSSR count). The van der Waals surface area contributed by atoms with Gasteiger partial charge in [0.25, 0.3) is 15.9 Å². The summed E-state index contributed by atoms with van der Waals surface area (Å²) >= 11 is 0. The van der Waals surface area contributed by atoms with Crippen molar-refractivity contribution in [3.8, 4) is 0 Å². The Kier molecular flexibility index (Phi) is 6.13. The van der Waals surface area contributed by atoms with Crippen molar-refractivity contribution in [3.05, 3.63) is 59.7 Å². The van der Waals surface area contributed by atoms with Crippen molar-refractivity contribution >= 4 is 21.6 Å². The molecule has 1 unspecified atom stereocenters. The third kappa shape index (κ3) is 5.30. The highest BCUT2D eigenvalue weighted by molar-refractivity contribution is 7.92. The van der Waals surface area contributed by atoms with Gasteiger partial charge < -0.3 is 10.6 Å². The van der Waals surface area contributed by atoms with E-state index in [2.05, 4.69) is 15.4 Å². The molecule has 1 aliphatic heterocycles. The largest absolute Gasteiger partial charge is 0.352 e. The Morgan fingerprint density at radius 1 is 1.11 bits per heavy atom.